The lowest BCUT2D eigenvalue weighted by molar-refractivity contribution is -0.150. The first kappa shape index (κ1) is 14.2. The summed E-state index contributed by atoms with van der Waals surface area (Å²) in [4.78, 5) is 23.6. The van der Waals surface area contributed by atoms with Crippen molar-refractivity contribution in [2.75, 3.05) is 0 Å². The normalized spacial score (nSPS) is 23.5. The Bertz CT molecular complexity index is 551. The molecule has 1 heterocycles. The summed E-state index contributed by atoms with van der Waals surface area (Å²) in [6.07, 6.45) is -0.960. The molecule has 6 heteroatoms. The van der Waals surface area contributed by atoms with Crippen molar-refractivity contribution in [2.24, 2.45) is 0 Å². The summed E-state index contributed by atoms with van der Waals surface area (Å²) in [6.45, 7) is 3.25. The molecule has 6 nitrogen and oxygen atoms in total. The lowest BCUT2D eigenvalue weighted by atomic mass is 10.00. The van der Waals surface area contributed by atoms with Gasteiger partial charge in [-0.15, -0.1) is 0 Å². The fourth-order valence-electron chi connectivity index (χ4n) is 2.21. The third-order valence-corrected chi connectivity index (χ3v) is 2.99. The number of aromatic hydroxyl groups is 2. The number of hydrogen-bond donors (Lipinski definition) is 2. The molecule has 1 aromatic carbocycles. The highest BCUT2D eigenvalue weighted by molar-refractivity contribution is 5.94. The molecule has 0 aliphatic carbocycles. The maximum absolute atomic E-state index is 12.1. The van der Waals surface area contributed by atoms with Gasteiger partial charge in [-0.05, 0) is 25.5 Å². The van der Waals surface area contributed by atoms with Crippen molar-refractivity contribution in [1.82, 2.24) is 0 Å². The Morgan fingerprint density at radius 1 is 1.05 bits per heavy atom. The van der Waals surface area contributed by atoms with Crippen LogP contribution in [0.3, 0.4) is 0 Å². The largest absolute Gasteiger partial charge is 0.508 e. The third kappa shape index (κ3) is 3.01. The highest BCUT2D eigenvalue weighted by atomic mass is 16.6. The first-order chi connectivity index (χ1) is 9.36. The van der Waals surface area contributed by atoms with Crippen LogP contribution in [0.2, 0.25) is 0 Å². The number of hydrogen-bond acceptors (Lipinski definition) is 6. The maximum atomic E-state index is 12.1. The fraction of sp³-hybridized carbons (Fsp3) is 0.429. The van der Waals surface area contributed by atoms with Gasteiger partial charge in [-0.2, -0.15) is 0 Å². The lowest BCUT2D eigenvalue weighted by Crippen LogP contribution is -2.26. The molecule has 0 saturated carbocycles. The van der Waals surface area contributed by atoms with Crippen LogP contribution in [0.5, 0.6) is 11.5 Å². The number of rotatable bonds is 0. The Kier molecular flexibility index (Phi) is 3.83. The van der Waals surface area contributed by atoms with Gasteiger partial charge in [0.25, 0.3) is 0 Å². The molecule has 0 saturated heterocycles. The van der Waals surface area contributed by atoms with Crippen LogP contribution in [-0.2, 0) is 20.7 Å². The number of esters is 2. The van der Waals surface area contributed by atoms with Gasteiger partial charge in [-0.25, -0.2) is 4.79 Å². The lowest BCUT2D eigenvalue weighted by Gasteiger charge is -2.21. The van der Waals surface area contributed by atoms with E-state index in [1.807, 2.05) is 0 Å². The monoisotopic (exact) mass is 280 g/mol. The minimum absolute atomic E-state index is 0.000510. The number of phenols is 2. The molecule has 2 N–H and O–H groups in total. The van der Waals surface area contributed by atoms with E-state index < -0.39 is 24.1 Å². The predicted octanol–water partition coefficient (Wildman–Crippen LogP) is 1.52. The molecule has 20 heavy (non-hydrogen) atoms. The van der Waals surface area contributed by atoms with E-state index in [4.69, 9.17) is 9.47 Å². The number of cyclic esters (lactones) is 2. The topological polar surface area (TPSA) is 93.1 Å². The van der Waals surface area contributed by atoms with Crippen molar-refractivity contribution >= 4 is 11.9 Å². The molecule has 1 aromatic rings. The SMILES string of the molecule is C[C@@H]1Cc2cc(O)cc(O)c2C(=O)O[C@H](C)CC(=O)O1. The van der Waals surface area contributed by atoms with E-state index in [9.17, 15) is 19.8 Å². The third-order valence-electron chi connectivity index (χ3n) is 2.99. The molecule has 0 spiro atoms. The average Bonchev–Trinajstić information content (AvgIpc) is 2.24. The molecule has 108 valence electrons. The summed E-state index contributed by atoms with van der Waals surface area (Å²) in [5.74, 6) is -1.69. The van der Waals surface area contributed by atoms with Crippen molar-refractivity contribution in [3.05, 3.63) is 23.3 Å². The molecular formula is C14H16O6. The summed E-state index contributed by atoms with van der Waals surface area (Å²) in [5, 5.41) is 19.4. The van der Waals surface area contributed by atoms with Gasteiger partial charge in [0.2, 0.25) is 0 Å². The molecule has 0 unspecified atom stereocenters. The standard InChI is InChI=1S/C14H16O6/c1-7-3-9-5-10(15)6-11(16)13(9)14(18)20-8(2)4-12(17)19-7/h5-8,15-16H,3-4H2,1-2H3/t7-,8-/m1/s1. The molecule has 0 amide bonds. The van der Waals surface area contributed by atoms with Gasteiger partial charge >= 0.3 is 11.9 Å². The fourth-order valence-corrected chi connectivity index (χ4v) is 2.21. The van der Waals surface area contributed by atoms with Gasteiger partial charge in [0.15, 0.2) is 0 Å². The second-order valence-corrected chi connectivity index (χ2v) is 4.92. The van der Waals surface area contributed by atoms with Crippen LogP contribution < -0.4 is 0 Å². The van der Waals surface area contributed by atoms with E-state index in [1.54, 1.807) is 13.8 Å². The van der Waals surface area contributed by atoms with Crippen LogP contribution >= 0.6 is 0 Å². The maximum Gasteiger partial charge on any atom is 0.342 e. The van der Waals surface area contributed by atoms with Gasteiger partial charge in [-0.1, -0.05) is 0 Å². The first-order valence-electron chi connectivity index (χ1n) is 6.32. The quantitative estimate of drug-likeness (QED) is 0.700. The van der Waals surface area contributed by atoms with Gasteiger partial charge in [0.05, 0.1) is 6.42 Å². The summed E-state index contributed by atoms with van der Waals surface area (Å²) in [5.41, 5.74) is 0.376. The van der Waals surface area contributed by atoms with Crippen molar-refractivity contribution in [1.29, 1.82) is 0 Å². The Morgan fingerprint density at radius 3 is 2.40 bits per heavy atom. The van der Waals surface area contributed by atoms with Crippen LogP contribution in [0.1, 0.15) is 36.2 Å². The van der Waals surface area contributed by atoms with E-state index in [2.05, 4.69) is 0 Å². The number of fused-ring (bicyclic) bond motifs is 1. The molecular weight excluding hydrogens is 264 g/mol. The zero-order valence-electron chi connectivity index (χ0n) is 11.3. The second kappa shape index (κ2) is 5.40. The van der Waals surface area contributed by atoms with Gasteiger partial charge in [0, 0.05) is 12.5 Å². The van der Waals surface area contributed by atoms with E-state index >= 15 is 0 Å². The highest BCUT2D eigenvalue weighted by Gasteiger charge is 2.26. The Balaban J connectivity index is 2.47. The van der Waals surface area contributed by atoms with Crippen molar-refractivity contribution < 1.29 is 29.3 Å². The summed E-state index contributed by atoms with van der Waals surface area (Å²) >= 11 is 0. The van der Waals surface area contributed by atoms with E-state index in [-0.39, 0.29) is 29.9 Å². The number of carbonyl (C=O) groups excluding carboxylic acids is 2. The summed E-state index contributed by atoms with van der Waals surface area (Å²) < 4.78 is 10.3. The molecule has 0 bridgehead atoms. The predicted molar refractivity (Wildman–Crippen MR) is 68.5 cm³/mol. The van der Waals surface area contributed by atoms with E-state index in [1.165, 1.54) is 6.07 Å². The van der Waals surface area contributed by atoms with Crippen LogP contribution in [0, 0.1) is 0 Å². The average molecular weight is 280 g/mol. The van der Waals surface area contributed by atoms with Gasteiger partial charge in [-0.3, -0.25) is 4.79 Å². The second-order valence-electron chi connectivity index (χ2n) is 4.92. The van der Waals surface area contributed by atoms with Crippen LogP contribution in [0.25, 0.3) is 0 Å². The molecule has 1 aliphatic rings. The zero-order chi connectivity index (χ0) is 14.9. The van der Waals surface area contributed by atoms with Crippen molar-refractivity contribution in [2.45, 2.75) is 38.9 Å². The molecule has 1 aliphatic heterocycles. The number of benzene rings is 1. The minimum atomic E-state index is -0.716. The van der Waals surface area contributed by atoms with Gasteiger partial charge in [0.1, 0.15) is 29.3 Å². The summed E-state index contributed by atoms with van der Waals surface area (Å²) in [6, 6.07) is 2.43. The van der Waals surface area contributed by atoms with Crippen molar-refractivity contribution in [3.63, 3.8) is 0 Å². The van der Waals surface area contributed by atoms with Gasteiger partial charge < -0.3 is 19.7 Å². The van der Waals surface area contributed by atoms with E-state index in [0.29, 0.717) is 5.56 Å². The number of carbonyl (C=O) groups is 2. The highest BCUT2D eigenvalue weighted by Crippen LogP contribution is 2.30. The van der Waals surface area contributed by atoms with Crippen LogP contribution in [0.4, 0.5) is 0 Å². The van der Waals surface area contributed by atoms with Crippen LogP contribution in [0.15, 0.2) is 12.1 Å². The number of ether oxygens (including phenoxy) is 2. The zero-order valence-corrected chi connectivity index (χ0v) is 11.3. The van der Waals surface area contributed by atoms with E-state index in [0.717, 1.165) is 6.07 Å². The smallest absolute Gasteiger partial charge is 0.342 e. The molecule has 0 fully saturated rings. The Morgan fingerprint density at radius 2 is 1.70 bits per heavy atom. The minimum Gasteiger partial charge on any atom is -0.508 e. The molecule has 2 rings (SSSR count). The molecule has 2 atom stereocenters. The number of phenolic OH excluding ortho intramolecular Hbond substituents is 2. The Hall–Kier alpha value is -2.24. The summed E-state index contributed by atoms with van der Waals surface area (Å²) in [7, 11) is 0. The van der Waals surface area contributed by atoms with Crippen molar-refractivity contribution in [3.8, 4) is 11.5 Å². The van der Waals surface area contributed by atoms with Crippen LogP contribution in [-0.4, -0.2) is 34.4 Å². The molecule has 0 aromatic heterocycles. The Labute approximate surface area is 115 Å². The first-order valence-corrected chi connectivity index (χ1v) is 6.32. The molecule has 0 radical (unpaired) electrons.